The molecule has 11 nitrogen and oxygen atoms in total. The fourth-order valence-corrected chi connectivity index (χ4v) is 8.90. The summed E-state index contributed by atoms with van der Waals surface area (Å²) in [6.07, 6.45) is 76.0. The van der Waals surface area contributed by atoms with Gasteiger partial charge in [0.25, 0.3) is 0 Å². The molecule has 80 heavy (non-hydrogen) atoms. The van der Waals surface area contributed by atoms with E-state index in [2.05, 4.69) is 118 Å². The zero-order valence-corrected chi connectivity index (χ0v) is 51.4. The molecular weight excluding hydrogens is 1020 g/mol. The number of carbonyl (C=O) groups is 3. The normalized spacial score (nSPS) is 14.1. The highest BCUT2D eigenvalue weighted by atomic mass is 31.2. The highest BCUT2D eigenvalue weighted by molar-refractivity contribution is 7.47. The molecule has 0 bridgehead atoms. The molecule has 12 heteroatoms. The second-order valence-electron chi connectivity index (χ2n) is 20.5. The lowest BCUT2D eigenvalue weighted by molar-refractivity contribution is -0.161. The largest absolute Gasteiger partial charge is 0.472 e. The van der Waals surface area contributed by atoms with Gasteiger partial charge in [0.05, 0.1) is 26.2 Å². The van der Waals surface area contributed by atoms with Crippen molar-refractivity contribution in [3.8, 4) is 0 Å². The van der Waals surface area contributed by atoms with Gasteiger partial charge in [0.2, 0.25) is 0 Å². The third kappa shape index (κ3) is 58.5. The molecule has 0 saturated heterocycles. The van der Waals surface area contributed by atoms with E-state index in [0.717, 1.165) is 116 Å². The summed E-state index contributed by atoms with van der Waals surface area (Å²) in [5.74, 6) is -1.63. The van der Waals surface area contributed by atoms with Crippen LogP contribution in [-0.4, -0.2) is 66.5 Å². The van der Waals surface area contributed by atoms with E-state index in [1.807, 2.05) is 18.2 Å². The molecular formula is C68H113O11P. The van der Waals surface area contributed by atoms with E-state index in [1.54, 1.807) is 6.08 Å². The fraction of sp³-hybridized carbons (Fsp3) is 0.662. The van der Waals surface area contributed by atoms with Crippen molar-refractivity contribution in [1.29, 1.82) is 0 Å². The lowest BCUT2D eigenvalue weighted by Crippen LogP contribution is -2.30. The number of phosphoric acid groups is 1. The number of esters is 3. The first-order valence-corrected chi connectivity index (χ1v) is 32.9. The molecule has 0 saturated carbocycles. The van der Waals surface area contributed by atoms with Gasteiger partial charge in [-0.05, 0) is 116 Å². The standard InChI is InChI=1S/C68H113O11P/c1-4-7-10-13-16-19-22-25-28-30-32-34-37-39-42-45-48-51-54-57-66(70)75-61-65(79-68(72)59-56-53-50-47-44-41-38-35-33-31-29-26-23-20-17-14-11-8-5-2)63-77-80(73,74)76-62-64(60-69)78-67(71)58-55-52-49-46-43-40-36-27-24-21-18-15-12-9-6-3/h9,12,16-21,25-29,32,34,36,43,46,52,55,64-65,69H,4-8,10-11,13-15,22-24,30-31,33,35,37-42,44-45,47-51,53-54,56-63H2,1-3H3,(H,73,74)/b12-9-,19-16-,20-17-,21-18-,28-25-,29-26-,34-32-,36-27-,46-43-,55-52-. The minimum Gasteiger partial charge on any atom is -0.462 e. The van der Waals surface area contributed by atoms with Gasteiger partial charge in [-0.2, -0.15) is 0 Å². The molecule has 0 spiro atoms. The molecule has 0 fully saturated rings. The smallest absolute Gasteiger partial charge is 0.462 e. The highest BCUT2D eigenvalue weighted by Gasteiger charge is 2.28. The van der Waals surface area contributed by atoms with Crippen molar-refractivity contribution in [1.82, 2.24) is 0 Å². The monoisotopic (exact) mass is 1140 g/mol. The SMILES string of the molecule is CC/C=C\C/C=C\C/C=C\C/C=C\C/C=C\CC(=O)OC(CO)COP(=O)(O)OCC(COC(=O)CCCCCCCC/C=C\C/C=C\C/C=C\CCCCC)OC(=O)CCCCCCCCCCC/C=C\C/C=C\CCCCC. The van der Waals surface area contributed by atoms with E-state index < -0.39 is 57.8 Å². The topological polar surface area (TPSA) is 155 Å². The number of unbranched alkanes of at least 4 members (excludes halogenated alkanes) is 21. The van der Waals surface area contributed by atoms with Gasteiger partial charge in [-0.3, -0.25) is 23.4 Å². The summed E-state index contributed by atoms with van der Waals surface area (Å²) in [5, 5.41) is 9.82. The van der Waals surface area contributed by atoms with Crippen LogP contribution in [0, 0.1) is 0 Å². The van der Waals surface area contributed by atoms with Crippen molar-refractivity contribution in [3.63, 3.8) is 0 Å². The van der Waals surface area contributed by atoms with Crippen LogP contribution in [-0.2, 0) is 42.2 Å². The van der Waals surface area contributed by atoms with Crippen LogP contribution in [0.5, 0.6) is 0 Å². The molecule has 0 heterocycles. The molecule has 2 N–H and O–H groups in total. The Labute approximate surface area is 487 Å². The van der Waals surface area contributed by atoms with Crippen LogP contribution in [0.25, 0.3) is 0 Å². The van der Waals surface area contributed by atoms with E-state index >= 15 is 0 Å². The maximum Gasteiger partial charge on any atom is 0.472 e. The Bertz CT molecular complexity index is 1800. The third-order valence-electron chi connectivity index (χ3n) is 12.9. The molecule has 3 unspecified atom stereocenters. The van der Waals surface area contributed by atoms with E-state index in [4.69, 9.17) is 23.3 Å². The minimum atomic E-state index is -4.79. The maximum absolute atomic E-state index is 13.0. The van der Waals surface area contributed by atoms with Gasteiger partial charge in [0.15, 0.2) is 6.10 Å². The molecule has 0 aromatic heterocycles. The van der Waals surface area contributed by atoms with E-state index in [0.29, 0.717) is 19.3 Å². The minimum absolute atomic E-state index is 0.0611. The number of phosphoric ester groups is 1. The number of rotatable bonds is 57. The van der Waals surface area contributed by atoms with Crippen molar-refractivity contribution >= 4 is 25.7 Å². The Morgan fingerprint density at radius 1 is 0.375 bits per heavy atom. The van der Waals surface area contributed by atoms with Crippen LogP contribution < -0.4 is 0 Å². The Hall–Kier alpha value is -4.12. The van der Waals surface area contributed by atoms with Crippen LogP contribution in [0.3, 0.4) is 0 Å². The first-order chi connectivity index (χ1) is 39.2. The van der Waals surface area contributed by atoms with E-state index in [1.165, 1.54) is 77.0 Å². The fourth-order valence-electron chi connectivity index (χ4n) is 8.12. The average Bonchev–Trinajstić information content (AvgIpc) is 3.45. The summed E-state index contributed by atoms with van der Waals surface area (Å²) in [4.78, 5) is 48.7. The highest BCUT2D eigenvalue weighted by Crippen LogP contribution is 2.43. The Morgan fingerprint density at radius 2 is 0.700 bits per heavy atom. The van der Waals surface area contributed by atoms with Crippen LogP contribution in [0.4, 0.5) is 0 Å². The van der Waals surface area contributed by atoms with Crippen LogP contribution in [0.2, 0.25) is 0 Å². The summed E-state index contributed by atoms with van der Waals surface area (Å²) in [6.45, 7) is 4.36. The predicted octanol–water partition coefficient (Wildman–Crippen LogP) is 19.1. The zero-order valence-electron chi connectivity index (χ0n) is 50.5. The molecule has 0 aliphatic heterocycles. The van der Waals surface area contributed by atoms with Gasteiger partial charge in [0, 0.05) is 12.8 Å². The number of aliphatic hydroxyl groups excluding tert-OH is 1. The Morgan fingerprint density at radius 3 is 1.10 bits per heavy atom. The molecule has 0 aromatic rings. The molecule has 0 aliphatic carbocycles. The van der Waals surface area contributed by atoms with Crippen LogP contribution >= 0.6 is 7.82 Å². The number of ether oxygens (including phenoxy) is 3. The molecule has 3 atom stereocenters. The van der Waals surface area contributed by atoms with Gasteiger partial charge in [-0.1, -0.05) is 239 Å². The summed E-state index contributed by atoms with van der Waals surface area (Å²) < 4.78 is 39.5. The van der Waals surface area contributed by atoms with Crippen LogP contribution in [0.15, 0.2) is 122 Å². The van der Waals surface area contributed by atoms with Crippen molar-refractivity contribution < 1.29 is 52.2 Å². The second kappa shape index (κ2) is 61.0. The van der Waals surface area contributed by atoms with E-state index in [-0.39, 0.29) is 25.9 Å². The summed E-state index contributed by atoms with van der Waals surface area (Å²) in [5.41, 5.74) is 0. The van der Waals surface area contributed by atoms with Crippen molar-refractivity contribution in [2.45, 2.75) is 264 Å². The second-order valence-corrected chi connectivity index (χ2v) is 22.0. The molecule has 0 amide bonds. The van der Waals surface area contributed by atoms with Gasteiger partial charge in [-0.15, -0.1) is 0 Å². The third-order valence-corrected chi connectivity index (χ3v) is 13.8. The Balaban J connectivity index is 4.83. The average molecular weight is 1140 g/mol. The molecule has 0 rings (SSSR count). The molecule has 0 aromatic carbocycles. The van der Waals surface area contributed by atoms with Gasteiger partial charge < -0.3 is 24.2 Å². The van der Waals surface area contributed by atoms with Crippen molar-refractivity contribution in [2.24, 2.45) is 0 Å². The first kappa shape index (κ1) is 75.9. The quantitative estimate of drug-likeness (QED) is 0.0197. The molecule has 0 aliphatic rings. The van der Waals surface area contributed by atoms with Gasteiger partial charge in [0.1, 0.15) is 12.7 Å². The lowest BCUT2D eigenvalue weighted by Gasteiger charge is -2.21. The maximum atomic E-state index is 13.0. The zero-order chi connectivity index (χ0) is 58.3. The summed E-state index contributed by atoms with van der Waals surface area (Å²) in [6, 6.07) is 0. The summed E-state index contributed by atoms with van der Waals surface area (Å²) in [7, 11) is -4.79. The predicted molar refractivity (Wildman–Crippen MR) is 334 cm³/mol. The van der Waals surface area contributed by atoms with Crippen molar-refractivity contribution in [3.05, 3.63) is 122 Å². The van der Waals surface area contributed by atoms with E-state index in [9.17, 15) is 28.9 Å². The molecule has 0 radical (unpaired) electrons. The number of aliphatic hydroxyl groups is 1. The van der Waals surface area contributed by atoms with Crippen molar-refractivity contribution in [2.75, 3.05) is 26.4 Å². The Kier molecular flexibility index (Phi) is 57.8. The number of hydrogen-bond donors (Lipinski definition) is 2. The molecule has 456 valence electrons. The number of allylic oxidation sites excluding steroid dienone is 19. The number of carbonyl (C=O) groups excluding carboxylic acids is 3. The first-order valence-electron chi connectivity index (χ1n) is 31.4. The number of hydrogen-bond acceptors (Lipinski definition) is 10. The van der Waals surface area contributed by atoms with Gasteiger partial charge >= 0.3 is 25.7 Å². The summed E-state index contributed by atoms with van der Waals surface area (Å²) >= 11 is 0. The lowest BCUT2D eigenvalue weighted by atomic mass is 10.1. The van der Waals surface area contributed by atoms with Gasteiger partial charge in [-0.25, -0.2) is 4.57 Å². The van der Waals surface area contributed by atoms with Crippen LogP contribution in [0.1, 0.15) is 252 Å².